The molecule has 1 aliphatic rings. The number of likely N-dealkylation sites (tertiary alicyclic amines) is 1. The average molecular weight is 197 g/mol. The van der Waals surface area contributed by atoms with E-state index in [2.05, 4.69) is 25.8 Å². The zero-order chi connectivity index (χ0) is 10.6. The zero-order valence-electron chi connectivity index (χ0n) is 9.81. The van der Waals surface area contributed by atoms with Gasteiger partial charge in [-0.3, -0.25) is 4.79 Å². The Bertz CT molecular complexity index is 202. The Labute approximate surface area is 87.7 Å². The molecule has 1 aliphatic heterocycles. The first-order valence-corrected chi connectivity index (χ1v) is 5.80. The molecule has 1 rings (SSSR count). The van der Waals surface area contributed by atoms with Crippen LogP contribution in [-0.2, 0) is 4.79 Å². The van der Waals surface area contributed by atoms with Crippen LogP contribution >= 0.6 is 0 Å². The van der Waals surface area contributed by atoms with Crippen LogP contribution in [0.5, 0.6) is 0 Å². The number of Topliss-reactive ketones (excluding diaryl/α,β-unsaturated/α-hetero) is 1. The lowest BCUT2D eigenvalue weighted by atomic mass is 9.79. The molecule has 0 aromatic rings. The summed E-state index contributed by atoms with van der Waals surface area (Å²) in [4.78, 5) is 14.3. The van der Waals surface area contributed by atoms with Crippen molar-refractivity contribution in [3.8, 4) is 0 Å². The molecular formula is C12H23NO. The van der Waals surface area contributed by atoms with Crippen molar-refractivity contribution in [3.05, 3.63) is 0 Å². The molecule has 0 aliphatic carbocycles. The Morgan fingerprint density at radius 2 is 2.21 bits per heavy atom. The number of carbonyl (C=O) groups is 1. The molecule has 0 aromatic carbocycles. The first-order valence-electron chi connectivity index (χ1n) is 5.80. The zero-order valence-corrected chi connectivity index (χ0v) is 9.81. The lowest BCUT2D eigenvalue weighted by Gasteiger charge is -2.29. The Kier molecular flexibility index (Phi) is 4.11. The topological polar surface area (TPSA) is 20.3 Å². The van der Waals surface area contributed by atoms with Gasteiger partial charge in [0.05, 0.1) is 0 Å². The van der Waals surface area contributed by atoms with Crippen molar-refractivity contribution >= 4 is 5.78 Å². The largest absolute Gasteiger partial charge is 0.305 e. The molecule has 0 aromatic heterocycles. The van der Waals surface area contributed by atoms with Gasteiger partial charge in [-0.1, -0.05) is 26.7 Å². The predicted octanol–water partition coefficient (Wildman–Crippen LogP) is 2.48. The fourth-order valence-corrected chi connectivity index (χ4v) is 2.36. The number of nitrogens with zero attached hydrogens (tertiary/aromatic N) is 1. The Hall–Kier alpha value is -0.370. The molecule has 1 heterocycles. The summed E-state index contributed by atoms with van der Waals surface area (Å²) in [7, 11) is 2.13. The van der Waals surface area contributed by atoms with Crippen molar-refractivity contribution in [2.45, 2.75) is 46.0 Å². The maximum Gasteiger partial charge on any atom is 0.140 e. The highest BCUT2D eigenvalue weighted by Gasteiger charge is 2.34. The van der Waals surface area contributed by atoms with E-state index in [4.69, 9.17) is 0 Å². The Morgan fingerprint density at radius 3 is 2.86 bits per heavy atom. The monoisotopic (exact) mass is 197 g/mol. The van der Waals surface area contributed by atoms with Crippen LogP contribution in [0.25, 0.3) is 0 Å². The molecule has 14 heavy (non-hydrogen) atoms. The van der Waals surface area contributed by atoms with Crippen molar-refractivity contribution in [3.63, 3.8) is 0 Å². The third-order valence-electron chi connectivity index (χ3n) is 3.32. The molecule has 1 atom stereocenters. The van der Waals surface area contributed by atoms with Crippen LogP contribution in [0.3, 0.4) is 0 Å². The molecule has 0 saturated carbocycles. The van der Waals surface area contributed by atoms with Gasteiger partial charge in [-0.15, -0.1) is 0 Å². The molecule has 1 saturated heterocycles. The van der Waals surface area contributed by atoms with E-state index >= 15 is 0 Å². The fraction of sp³-hybridized carbons (Fsp3) is 0.917. The van der Waals surface area contributed by atoms with Crippen molar-refractivity contribution in [2.75, 3.05) is 20.1 Å². The highest BCUT2D eigenvalue weighted by Crippen LogP contribution is 2.30. The van der Waals surface area contributed by atoms with E-state index in [1.165, 1.54) is 12.8 Å². The van der Waals surface area contributed by atoms with Gasteiger partial charge < -0.3 is 4.90 Å². The molecule has 0 radical (unpaired) electrons. The maximum atomic E-state index is 12.0. The van der Waals surface area contributed by atoms with Crippen molar-refractivity contribution in [1.82, 2.24) is 4.90 Å². The SMILES string of the molecule is CCCCC1(C)CN(C)CCCC1=O. The van der Waals surface area contributed by atoms with Gasteiger partial charge in [0, 0.05) is 18.4 Å². The van der Waals surface area contributed by atoms with Gasteiger partial charge in [0.25, 0.3) is 0 Å². The summed E-state index contributed by atoms with van der Waals surface area (Å²) in [5.41, 5.74) is -0.0682. The molecular weight excluding hydrogens is 174 g/mol. The van der Waals surface area contributed by atoms with Crippen molar-refractivity contribution < 1.29 is 4.79 Å². The number of unbranched alkanes of at least 4 members (excludes halogenated alkanes) is 1. The van der Waals surface area contributed by atoms with Crippen LogP contribution in [0.1, 0.15) is 46.0 Å². The third kappa shape index (κ3) is 2.81. The van der Waals surface area contributed by atoms with E-state index in [0.29, 0.717) is 5.78 Å². The quantitative estimate of drug-likeness (QED) is 0.692. The number of rotatable bonds is 3. The van der Waals surface area contributed by atoms with E-state index in [1.807, 2.05) is 0 Å². The molecule has 1 unspecified atom stereocenters. The van der Waals surface area contributed by atoms with E-state index in [0.717, 1.165) is 32.4 Å². The summed E-state index contributed by atoms with van der Waals surface area (Å²) in [6.07, 6.45) is 5.25. The van der Waals surface area contributed by atoms with Gasteiger partial charge in [-0.2, -0.15) is 0 Å². The van der Waals surface area contributed by atoms with Crippen LogP contribution < -0.4 is 0 Å². The molecule has 82 valence electrons. The van der Waals surface area contributed by atoms with Gasteiger partial charge in [-0.25, -0.2) is 0 Å². The van der Waals surface area contributed by atoms with E-state index in [1.54, 1.807) is 0 Å². The smallest absolute Gasteiger partial charge is 0.140 e. The number of ketones is 1. The number of carbonyl (C=O) groups excluding carboxylic acids is 1. The summed E-state index contributed by atoms with van der Waals surface area (Å²) in [5.74, 6) is 0.482. The van der Waals surface area contributed by atoms with Crippen molar-refractivity contribution in [1.29, 1.82) is 0 Å². The van der Waals surface area contributed by atoms with Gasteiger partial charge in [-0.05, 0) is 26.4 Å². The second kappa shape index (κ2) is 4.92. The highest BCUT2D eigenvalue weighted by atomic mass is 16.1. The maximum absolute atomic E-state index is 12.0. The lowest BCUT2D eigenvalue weighted by molar-refractivity contribution is -0.128. The molecule has 1 fully saturated rings. The molecule has 2 nitrogen and oxygen atoms in total. The van der Waals surface area contributed by atoms with Crippen molar-refractivity contribution in [2.24, 2.45) is 5.41 Å². The van der Waals surface area contributed by atoms with E-state index in [9.17, 15) is 4.79 Å². The van der Waals surface area contributed by atoms with E-state index < -0.39 is 0 Å². The summed E-state index contributed by atoms with van der Waals surface area (Å²) in [5, 5.41) is 0. The fourth-order valence-electron chi connectivity index (χ4n) is 2.36. The van der Waals surface area contributed by atoms with Crippen LogP contribution in [0.15, 0.2) is 0 Å². The molecule has 0 N–H and O–H groups in total. The van der Waals surface area contributed by atoms with E-state index in [-0.39, 0.29) is 5.41 Å². The van der Waals surface area contributed by atoms with Crippen LogP contribution in [-0.4, -0.2) is 30.8 Å². The normalized spacial score (nSPS) is 30.4. The predicted molar refractivity (Wildman–Crippen MR) is 59.4 cm³/mol. The first-order chi connectivity index (χ1) is 6.58. The summed E-state index contributed by atoms with van der Waals surface area (Å²) in [6, 6.07) is 0. The van der Waals surface area contributed by atoms with Gasteiger partial charge in [0.1, 0.15) is 5.78 Å². The minimum Gasteiger partial charge on any atom is -0.305 e. The Balaban J connectivity index is 2.64. The number of hydrogen-bond acceptors (Lipinski definition) is 2. The van der Waals surface area contributed by atoms with Crippen LogP contribution in [0.4, 0.5) is 0 Å². The summed E-state index contributed by atoms with van der Waals surface area (Å²) < 4.78 is 0. The highest BCUT2D eigenvalue weighted by molar-refractivity contribution is 5.84. The minimum absolute atomic E-state index is 0.0682. The van der Waals surface area contributed by atoms with Gasteiger partial charge in [0.15, 0.2) is 0 Å². The third-order valence-corrected chi connectivity index (χ3v) is 3.32. The second-order valence-electron chi connectivity index (χ2n) is 4.93. The first kappa shape index (κ1) is 11.7. The molecule has 0 bridgehead atoms. The van der Waals surface area contributed by atoms with Crippen LogP contribution in [0.2, 0.25) is 0 Å². The summed E-state index contributed by atoms with van der Waals surface area (Å²) in [6.45, 7) is 6.36. The second-order valence-corrected chi connectivity index (χ2v) is 4.93. The van der Waals surface area contributed by atoms with Gasteiger partial charge >= 0.3 is 0 Å². The minimum atomic E-state index is -0.0682. The molecule has 0 spiro atoms. The molecule has 0 amide bonds. The lowest BCUT2D eigenvalue weighted by Crippen LogP contribution is -2.36. The number of hydrogen-bond donors (Lipinski definition) is 0. The van der Waals surface area contributed by atoms with Crippen LogP contribution in [0, 0.1) is 5.41 Å². The Morgan fingerprint density at radius 1 is 1.50 bits per heavy atom. The standard InChI is InChI=1S/C12H23NO/c1-4-5-8-12(2)10-13(3)9-6-7-11(12)14/h4-10H2,1-3H3. The van der Waals surface area contributed by atoms with Gasteiger partial charge in [0.2, 0.25) is 0 Å². The summed E-state index contributed by atoms with van der Waals surface area (Å²) >= 11 is 0. The molecule has 2 heteroatoms. The average Bonchev–Trinajstić information content (AvgIpc) is 2.25.